The van der Waals surface area contributed by atoms with E-state index in [0.29, 0.717) is 12.1 Å². The molecule has 1 aliphatic rings. The molecule has 0 bridgehead atoms. The average Bonchev–Trinajstić information content (AvgIpc) is 2.59. The molecule has 0 spiro atoms. The van der Waals surface area contributed by atoms with Gasteiger partial charge in [0.05, 0.1) is 11.4 Å². The zero-order valence-electron chi connectivity index (χ0n) is 14.8. The third-order valence-electron chi connectivity index (χ3n) is 5.20. The molecular weight excluding hydrogens is 296 g/mol. The minimum Gasteiger partial charge on any atom is -0.328 e. The lowest BCUT2D eigenvalue weighted by atomic mass is 9.90. The first-order valence-electron chi connectivity index (χ1n) is 8.94. The fraction of sp³-hybridized carbons (Fsp3) is 0.500. The first-order valence-corrected chi connectivity index (χ1v) is 8.94. The smallest absolute Gasteiger partial charge is 0.0573 e. The van der Waals surface area contributed by atoms with Crippen molar-refractivity contribution in [2.75, 3.05) is 0 Å². The van der Waals surface area contributed by atoms with E-state index in [2.05, 4.69) is 40.8 Å². The van der Waals surface area contributed by atoms with Crippen LogP contribution in [-0.2, 0) is 13.1 Å². The molecule has 4 heteroatoms. The molecule has 3 rings (SSSR count). The molecule has 2 aromatic rings. The van der Waals surface area contributed by atoms with Gasteiger partial charge in [0.25, 0.3) is 0 Å². The van der Waals surface area contributed by atoms with Gasteiger partial charge in [0.2, 0.25) is 0 Å². The Kier molecular flexibility index (Phi) is 5.59. The van der Waals surface area contributed by atoms with Gasteiger partial charge in [-0.25, -0.2) is 0 Å². The van der Waals surface area contributed by atoms with Crippen LogP contribution < -0.4 is 5.73 Å². The van der Waals surface area contributed by atoms with E-state index in [1.165, 1.54) is 35.4 Å². The fourth-order valence-corrected chi connectivity index (χ4v) is 3.53. The number of nitrogens with two attached hydrogens (primary N) is 1. The first kappa shape index (κ1) is 17.1. The van der Waals surface area contributed by atoms with Gasteiger partial charge in [-0.3, -0.25) is 14.9 Å². The molecule has 0 aliphatic heterocycles. The molecule has 2 heterocycles. The Hall–Kier alpha value is -1.78. The van der Waals surface area contributed by atoms with Crippen molar-refractivity contribution in [2.24, 2.45) is 5.73 Å². The lowest BCUT2D eigenvalue weighted by Crippen LogP contribution is -2.40. The van der Waals surface area contributed by atoms with Crippen LogP contribution in [0.15, 0.2) is 36.7 Å². The molecule has 1 fully saturated rings. The highest BCUT2D eigenvalue weighted by atomic mass is 15.2. The highest BCUT2D eigenvalue weighted by molar-refractivity contribution is 5.20. The molecule has 128 valence electrons. The summed E-state index contributed by atoms with van der Waals surface area (Å²) < 4.78 is 0. The van der Waals surface area contributed by atoms with Crippen molar-refractivity contribution in [1.29, 1.82) is 0 Å². The Morgan fingerprint density at radius 1 is 0.917 bits per heavy atom. The molecule has 1 saturated carbocycles. The topological polar surface area (TPSA) is 55.0 Å². The largest absolute Gasteiger partial charge is 0.328 e. The third kappa shape index (κ3) is 4.19. The van der Waals surface area contributed by atoms with E-state index in [0.717, 1.165) is 25.9 Å². The second-order valence-electron chi connectivity index (χ2n) is 7.01. The minimum absolute atomic E-state index is 0.372. The van der Waals surface area contributed by atoms with Crippen LogP contribution in [-0.4, -0.2) is 27.0 Å². The first-order chi connectivity index (χ1) is 11.6. The zero-order chi connectivity index (χ0) is 16.9. The van der Waals surface area contributed by atoms with Crippen molar-refractivity contribution in [3.8, 4) is 0 Å². The van der Waals surface area contributed by atoms with Gasteiger partial charge < -0.3 is 5.73 Å². The quantitative estimate of drug-likeness (QED) is 0.916. The summed E-state index contributed by atoms with van der Waals surface area (Å²) in [5, 5.41) is 0. The maximum atomic E-state index is 6.11. The maximum Gasteiger partial charge on any atom is 0.0573 e. The number of pyridine rings is 2. The number of nitrogens with zero attached hydrogens (tertiary/aromatic N) is 3. The van der Waals surface area contributed by atoms with E-state index >= 15 is 0 Å². The van der Waals surface area contributed by atoms with Crippen molar-refractivity contribution < 1.29 is 0 Å². The van der Waals surface area contributed by atoms with Crippen molar-refractivity contribution >= 4 is 0 Å². The van der Waals surface area contributed by atoms with Crippen molar-refractivity contribution in [2.45, 2.75) is 64.7 Å². The Bertz CT molecular complexity index is 615. The van der Waals surface area contributed by atoms with Gasteiger partial charge in [-0.1, -0.05) is 12.1 Å². The number of hydrogen-bond donors (Lipinski definition) is 1. The molecule has 0 saturated heterocycles. The monoisotopic (exact) mass is 324 g/mol. The van der Waals surface area contributed by atoms with Crippen LogP contribution in [0.2, 0.25) is 0 Å². The summed E-state index contributed by atoms with van der Waals surface area (Å²) in [6, 6.07) is 9.23. The summed E-state index contributed by atoms with van der Waals surface area (Å²) in [5.41, 5.74) is 11.0. The van der Waals surface area contributed by atoms with Crippen LogP contribution >= 0.6 is 0 Å². The molecule has 0 aromatic carbocycles. The van der Waals surface area contributed by atoms with Gasteiger partial charge in [-0.15, -0.1) is 0 Å². The van der Waals surface area contributed by atoms with Crippen LogP contribution in [0.1, 0.15) is 48.2 Å². The highest BCUT2D eigenvalue weighted by Gasteiger charge is 2.25. The van der Waals surface area contributed by atoms with Crippen LogP contribution in [0, 0.1) is 13.8 Å². The number of aromatic nitrogens is 2. The van der Waals surface area contributed by atoms with Crippen LogP contribution in [0.5, 0.6) is 0 Å². The standard InChI is InChI=1S/C20H28N4/c1-15-5-3-11-22-19(15)13-24(18-9-7-17(21)8-10-18)14-20-16(2)6-4-12-23-20/h3-6,11-12,17-18H,7-10,13-14,21H2,1-2H3. The van der Waals surface area contributed by atoms with Gasteiger partial charge in [0.1, 0.15) is 0 Å². The summed E-state index contributed by atoms with van der Waals surface area (Å²) >= 11 is 0. The second kappa shape index (κ2) is 7.86. The summed E-state index contributed by atoms with van der Waals surface area (Å²) in [4.78, 5) is 11.8. The van der Waals surface area contributed by atoms with Gasteiger partial charge >= 0.3 is 0 Å². The Balaban J connectivity index is 1.80. The molecule has 2 N–H and O–H groups in total. The summed E-state index contributed by atoms with van der Waals surface area (Å²) in [6.07, 6.45) is 8.34. The van der Waals surface area contributed by atoms with Gasteiger partial charge in [0.15, 0.2) is 0 Å². The van der Waals surface area contributed by atoms with Crippen LogP contribution in [0.4, 0.5) is 0 Å². The molecule has 0 amide bonds. The maximum absolute atomic E-state index is 6.11. The summed E-state index contributed by atoms with van der Waals surface area (Å²) in [5.74, 6) is 0. The lowest BCUT2D eigenvalue weighted by Gasteiger charge is -2.36. The molecule has 4 nitrogen and oxygen atoms in total. The average molecular weight is 324 g/mol. The second-order valence-corrected chi connectivity index (χ2v) is 7.01. The van der Waals surface area contributed by atoms with E-state index in [1.54, 1.807) is 0 Å². The Morgan fingerprint density at radius 3 is 1.88 bits per heavy atom. The number of aryl methyl sites for hydroxylation is 2. The SMILES string of the molecule is Cc1cccnc1CN(Cc1ncccc1C)C1CCC(N)CC1. The van der Waals surface area contributed by atoms with Crippen molar-refractivity contribution in [3.63, 3.8) is 0 Å². The van der Waals surface area contributed by atoms with E-state index < -0.39 is 0 Å². The fourth-order valence-electron chi connectivity index (χ4n) is 3.53. The molecule has 2 aromatic heterocycles. The molecule has 24 heavy (non-hydrogen) atoms. The predicted octanol–water partition coefficient (Wildman–Crippen LogP) is 3.37. The Labute approximate surface area is 145 Å². The van der Waals surface area contributed by atoms with E-state index in [1.807, 2.05) is 24.5 Å². The normalized spacial score (nSPS) is 21.2. The predicted molar refractivity (Wildman–Crippen MR) is 97.4 cm³/mol. The van der Waals surface area contributed by atoms with Crippen LogP contribution in [0.25, 0.3) is 0 Å². The van der Waals surface area contributed by atoms with Gasteiger partial charge in [0, 0.05) is 37.6 Å². The zero-order valence-corrected chi connectivity index (χ0v) is 14.8. The molecule has 1 aliphatic carbocycles. The third-order valence-corrected chi connectivity index (χ3v) is 5.20. The van der Waals surface area contributed by atoms with Crippen molar-refractivity contribution in [3.05, 3.63) is 59.2 Å². The Morgan fingerprint density at radius 2 is 1.42 bits per heavy atom. The number of rotatable bonds is 5. The molecule has 0 radical (unpaired) electrons. The number of hydrogen-bond acceptors (Lipinski definition) is 4. The van der Waals surface area contributed by atoms with Crippen molar-refractivity contribution in [1.82, 2.24) is 14.9 Å². The molecular formula is C20H28N4. The summed E-state index contributed by atoms with van der Waals surface area (Å²) in [7, 11) is 0. The van der Waals surface area contributed by atoms with Gasteiger partial charge in [-0.2, -0.15) is 0 Å². The minimum atomic E-state index is 0.372. The van der Waals surface area contributed by atoms with Gasteiger partial charge in [-0.05, 0) is 62.8 Å². The highest BCUT2D eigenvalue weighted by Crippen LogP contribution is 2.25. The molecule has 0 unspecified atom stereocenters. The van der Waals surface area contributed by atoms with Crippen LogP contribution in [0.3, 0.4) is 0 Å². The molecule has 0 atom stereocenters. The van der Waals surface area contributed by atoms with E-state index in [4.69, 9.17) is 5.73 Å². The van der Waals surface area contributed by atoms with E-state index in [9.17, 15) is 0 Å². The lowest BCUT2D eigenvalue weighted by molar-refractivity contribution is 0.130. The van der Waals surface area contributed by atoms with E-state index in [-0.39, 0.29) is 0 Å². The summed E-state index contributed by atoms with van der Waals surface area (Å²) in [6.45, 7) is 6.04.